The van der Waals surface area contributed by atoms with Gasteiger partial charge in [-0.2, -0.15) is 4.98 Å². The van der Waals surface area contributed by atoms with Gasteiger partial charge in [-0.05, 0) is 70.0 Å². The van der Waals surface area contributed by atoms with Crippen molar-refractivity contribution in [3.8, 4) is 10.6 Å². The quantitative estimate of drug-likeness (QED) is 0.152. The van der Waals surface area contributed by atoms with Crippen LogP contribution in [0.2, 0.25) is 0 Å². The normalized spacial score (nSPS) is 20.6. The SMILES string of the molecule is Cc1ccc([C@@H](C)Nc2nc(C)c(-c3nc4c(C)nccc4s3)c(N[C@@H]3C[C@H](CS(=O)(=O)c4ccc(F)cc4)[C@@H](O)[C@H]3O)n2)cc1. The summed E-state index contributed by atoms with van der Waals surface area (Å²) < 4.78 is 40.6. The van der Waals surface area contributed by atoms with Crippen LogP contribution in [0, 0.1) is 32.5 Å². The van der Waals surface area contributed by atoms with Gasteiger partial charge in [0.05, 0.1) is 50.5 Å². The van der Waals surface area contributed by atoms with Crippen LogP contribution in [-0.2, 0) is 9.84 Å². The smallest absolute Gasteiger partial charge is 0.225 e. The largest absolute Gasteiger partial charge is 0.390 e. The molecule has 0 aliphatic heterocycles. The summed E-state index contributed by atoms with van der Waals surface area (Å²) in [6, 6.07) is 13.8. The highest BCUT2D eigenvalue weighted by Crippen LogP contribution is 2.39. The highest BCUT2D eigenvalue weighted by molar-refractivity contribution is 7.91. The Labute approximate surface area is 270 Å². The molecule has 0 amide bonds. The summed E-state index contributed by atoms with van der Waals surface area (Å²) in [4.78, 5) is 18.8. The van der Waals surface area contributed by atoms with Crippen LogP contribution in [-0.4, -0.2) is 62.6 Å². The molecule has 1 fully saturated rings. The summed E-state index contributed by atoms with van der Waals surface area (Å²) in [5, 5.41) is 29.4. The van der Waals surface area contributed by atoms with Gasteiger partial charge in [0, 0.05) is 12.1 Å². The molecule has 240 valence electrons. The number of sulfone groups is 1. The molecule has 13 heteroatoms. The average molecular weight is 663 g/mol. The van der Waals surface area contributed by atoms with Crippen molar-refractivity contribution in [3.63, 3.8) is 0 Å². The number of halogens is 1. The number of hydrogen-bond acceptors (Lipinski definition) is 11. The third-order valence-electron chi connectivity index (χ3n) is 8.45. The van der Waals surface area contributed by atoms with Gasteiger partial charge in [0.15, 0.2) is 9.84 Å². The molecular formula is C33H35FN6O4S2. The van der Waals surface area contributed by atoms with Crippen molar-refractivity contribution < 1.29 is 23.0 Å². The second-order valence-corrected chi connectivity index (χ2v) is 14.9. The van der Waals surface area contributed by atoms with Crippen LogP contribution in [0.1, 0.15) is 41.9 Å². The summed E-state index contributed by atoms with van der Waals surface area (Å²) >= 11 is 1.47. The predicted octanol–water partition coefficient (Wildman–Crippen LogP) is 5.38. The zero-order chi connectivity index (χ0) is 32.7. The third-order valence-corrected chi connectivity index (χ3v) is 11.3. The van der Waals surface area contributed by atoms with E-state index in [-0.39, 0.29) is 17.4 Å². The number of rotatable bonds is 9. The second kappa shape index (κ2) is 12.6. The van der Waals surface area contributed by atoms with E-state index in [0.29, 0.717) is 28.0 Å². The number of anilines is 2. The first-order valence-corrected chi connectivity index (χ1v) is 17.4. The number of aromatic nitrogens is 4. The molecule has 1 aliphatic rings. The van der Waals surface area contributed by atoms with Crippen LogP contribution < -0.4 is 10.6 Å². The van der Waals surface area contributed by atoms with Crippen LogP contribution in [0.3, 0.4) is 0 Å². The Morgan fingerprint density at radius 3 is 2.37 bits per heavy atom. The van der Waals surface area contributed by atoms with Gasteiger partial charge >= 0.3 is 0 Å². The Morgan fingerprint density at radius 2 is 1.67 bits per heavy atom. The number of nitrogens with one attached hydrogen (secondary N) is 2. The third kappa shape index (κ3) is 6.45. The predicted molar refractivity (Wildman–Crippen MR) is 177 cm³/mol. The first kappa shape index (κ1) is 31.9. The maximum atomic E-state index is 13.4. The molecule has 6 rings (SSSR count). The van der Waals surface area contributed by atoms with Gasteiger partial charge < -0.3 is 20.8 Å². The highest BCUT2D eigenvalue weighted by atomic mass is 32.2. The lowest BCUT2D eigenvalue weighted by atomic mass is 10.1. The fourth-order valence-corrected chi connectivity index (χ4v) is 8.60. The molecule has 0 unspecified atom stereocenters. The standard InChI is InChI=1S/C33H35FN6O4S2/c1-17-5-7-21(8-6-17)18(2)36-33-37-19(3)27(32-39-28-20(4)35-14-13-26(28)45-32)31(40-33)38-25-15-22(29(41)30(25)42)16-46(43,44)24-11-9-23(34)10-12-24/h5-14,18,22,25,29-30,41-42H,15-16H2,1-4H3,(H2,36,37,38,40)/t18-,22-,25-,29-,30+/m1/s1. The number of aliphatic hydroxyl groups excluding tert-OH is 2. The summed E-state index contributed by atoms with van der Waals surface area (Å²) in [6.45, 7) is 7.79. The zero-order valence-electron chi connectivity index (χ0n) is 25.8. The lowest BCUT2D eigenvalue weighted by molar-refractivity contribution is 0.0216. The fourth-order valence-electron chi connectivity index (χ4n) is 5.85. The summed E-state index contributed by atoms with van der Waals surface area (Å²) in [5.74, 6) is -0.967. The molecule has 1 aliphatic carbocycles. The van der Waals surface area contributed by atoms with Crippen LogP contribution >= 0.6 is 11.3 Å². The van der Waals surface area contributed by atoms with E-state index in [1.54, 1.807) is 6.20 Å². The van der Waals surface area contributed by atoms with Crippen LogP contribution in [0.5, 0.6) is 0 Å². The minimum Gasteiger partial charge on any atom is -0.390 e. The first-order chi connectivity index (χ1) is 21.9. The van der Waals surface area contributed by atoms with E-state index >= 15 is 0 Å². The van der Waals surface area contributed by atoms with E-state index in [9.17, 15) is 23.0 Å². The number of benzene rings is 2. The Kier molecular flexibility index (Phi) is 8.77. The average Bonchev–Trinajstić information content (AvgIpc) is 3.55. The summed E-state index contributed by atoms with van der Waals surface area (Å²) in [7, 11) is -3.85. The molecule has 0 spiro atoms. The fraction of sp³-hybridized carbons (Fsp3) is 0.333. The number of thiazole rings is 1. The van der Waals surface area contributed by atoms with Crippen molar-refractivity contribution >= 4 is 43.2 Å². The Balaban J connectivity index is 1.33. The van der Waals surface area contributed by atoms with Crippen molar-refractivity contribution in [1.82, 2.24) is 19.9 Å². The number of aliphatic hydroxyl groups is 2. The van der Waals surface area contributed by atoms with E-state index in [2.05, 4.69) is 15.6 Å². The first-order valence-electron chi connectivity index (χ1n) is 14.9. The highest BCUT2D eigenvalue weighted by Gasteiger charge is 2.44. The Bertz CT molecular complexity index is 1990. The lowest BCUT2D eigenvalue weighted by Gasteiger charge is -2.22. The molecule has 0 radical (unpaired) electrons. The van der Waals surface area contributed by atoms with Crippen LogP contribution in [0.15, 0.2) is 65.7 Å². The number of nitrogens with zero attached hydrogens (tertiary/aromatic N) is 4. The molecule has 5 atom stereocenters. The molecular weight excluding hydrogens is 628 g/mol. The van der Waals surface area contributed by atoms with E-state index in [4.69, 9.17) is 15.0 Å². The van der Waals surface area contributed by atoms with Crippen molar-refractivity contribution in [3.05, 3.63) is 89.1 Å². The van der Waals surface area contributed by atoms with E-state index in [1.165, 1.54) is 23.5 Å². The number of aryl methyl sites for hydroxylation is 3. The molecule has 5 aromatic rings. The van der Waals surface area contributed by atoms with Crippen molar-refractivity contribution in [2.24, 2.45) is 5.92 Å². The van der Waals surface area contributed by atoms with Gasteiger partial charge in [0.2, 0.25) is 5.95 Å². The van der Waals surface area contributed by atoms with Crippen molar-refractivity contribution in [1.29, 1.82) is 0 Å². The van der Waals surface area contributed by atoms with E-state index in [1.807, 2.05) is 58.0 Å². The summed E-state index contributed by atoms with van der Waals surface area (Å²) in [5.41, 5.74) is 5.05. The van der Waals surface area contributed by atoms with Gasteiger partial charge in [-0.3, -0.25) is 4.98 Å². The topological polar surface area (TPSA) is 150 Å². The lowest BCUT2D eigenvalue weighted by Crippen LogP contribution is -2.36. The maximum absolute atomic E-state index is 13.4. The second-order valence-electron chi connectivity index (χ2n) is 11.9. The van der Waals surface area contributed by atoms with Crippen LogP contribution in [0.4, 0.5) is 16.2 Å². The monoisotopic (exact) mass is 662 g/mol. The maximum Gasteiger partial charge on any atom is 0.225 e. The Morgan fingerprint density at radius 1 is 0.957 bits per heavy atom. The molecule has 10 nitrogen and oxygen atoms in total. The minimum absolute atomic E-state index is 0.0419. The number of hydrogen-bond donors (Lipinski definition) is 4. The van der Waals surface area contributed by atoms with Gasteiger partial charge in [-0.1, -0.05) is 29.8 Å². The number of fused-ring (bicyclic) bond motifs is 1. The van der Waals surface area contributed by atoms with Gasteiger partial charge in [0.1, 0.15) is 28.3 Å². The van der Waals surface area contributed by atoms with Crippen molar-refractivity contribution in [2.75, 3.05) is 16.4 Å². The van der Waals surface area contributed by atoms with Gasteiger partial charge in [-0.15, -0.1) is 11.3 Å². The molecule has 3 aromatic heterocycles. The summed E-state index contributed by atoms with van der Waals surface area (Å²) in [6.07, 6.45) is -0.704. The minimum atomic E-state index is -3.85. The molecule has 2 aromatic carbocycles. The van der Waals surface area contributed by atoms with Gasteiger partial charge in [0.25, 0.3) is 0 Å². The molecule has 0 bridgehead atoms. The molecule has 4 N–H and O–H groups in total. The van der Waals surface area contributed by atoms with Crippen molar-refractivity contribution in [2.45, 2.75) is 63.3 Å². The molecule has 0 saturated heterocycles. The molecule has 3 heterocycles. The number of pyridine rings is 1. The molecule has 1 saturated carbocycles. The molecule has 46 heavy (non-hydrogen) atoms. The van der Waals surface area contributed by atoms with E-state index in [0.717, 1.165) is 39.2 Å². The zero-order valence-corrected chi connectivity index (χ0v) is 27.4. The van der Waals surface area contributed by atoms with Crippen LogP contribution in [0.25, 0.3) is 20.8 Å². The van der Waals surface area contributed by atoms with E-state index < -0.39 is 45.6 Å². The Hall–Kier alpha value is -4.04. The van der Waals surface area contributed by atoms with Gasteiger partial charge in [-0.25, -0.2) is 22.8 Å².